The topological polar surface area (TPSA) is 89.8 Å². The number of aliphatic carboxylic acids is 1. The third-order valence-electron chi connectivity index (χ3n) is 2.25. The molecule has 1 aliphatic rings. The van der Waals surface area contributed by atoms with Crippen LogP contribution in [0.15, 0.2) is 0 Å². The second-order valence-electron chi connectivity index (χ2n) is 3.38. The maximum absolute atomic E-state index is 10.4. The first-order valence-electron chi connectivity index (χ1n) is 3.79. The Kier molecular flexibility index (Phi) is 2.36. The number of nitrogens with one attached hydrogen (secondary N) is 1. The average Bonchev–Trinajstić information content (AvgIpc) is 2.16. The summed E-state index contributed by atoms with van der Waals surface area (Å²) in [7, 11) is 0. The molecule has 12 heavy (non-hydrogen) atoms. The van der Waals surface area contributed by atoms with Gasteiger partial charge in [0.1, 0.15) is 0 Å². The number of aliphatic hydroxyl groups is 2. The van der Waals surface area contributed by atoms with Gasteiger partial charge in [-0.2, -0.15) is 0 Å². The highest BCUT2D eigenvalue weighted by molar-refractivity contribution is 5.68. The first-order chi connectivity index (χ1) is 5.46. The summed E-state index contributed by atoms with van der Waals surface area (Å²) in [5.41, 5.74) is -0.898. The van der Waals surface area contributed by atoms with Gasteiger partial charge in [-0.15, -0.1) is 0 Å². The van der Waals surface area contributed by atoms with Crippen LogP contribution in [0.4, 0.5) is 0 Å². The van der Waals surface area contributed by atoms with Gasteiger partial charge in [-0.3, -0.25) is 4.79 Å². The lowest BCUT2D eigenvalue weighted by Crippen LogP contribution is -2.47. The molecular formula is C7H13NO4. The Morgan fingerprint density at radius 1 is 1.67 bits per heavy atom. The number of carboxylic acid groups (broad SMARTS) is 1. The van der Waals surface area contributed by atoms with Crippen LogP contribution in [0.3, 0.4) is 0 Å². The van der Waals surface area contributed by atoms with Gasteiger partial charge in [0, 0.05) is 6.54 Å². The van der Waals surface area contributed by atoms with Gasteiger partial charge in [0.25, 0.3) is 0 Å². The summed E-state index contributed by atoms with van der Waals surface area (Å²) in [5, 5.41) is 29.8. The van der Waals surface area contributed by atoms with Crippen LogP contribution in [-0.2, 0) is 4.79 Å². The quantitative estimate of drug-likeness (QED) is 0.412. The number of hydrogen-bond donors (Lipinski definition) is 4. The molecule has 0 aromatic heterocycles. The van der Waals surface area contributed by atoms with Gasteiger partial charge in [0.15, 0.2) is 0 Å². The molecule has 0 aliphatic carbocycles. The van der Waals surface area contributed by atoms with E-state index in [2.05, 4.69) is 5.32 Å². The van der Waals surface area contributed by atoms with Crippen LogP contribution < -0.4 is 5.32 Å². The number of rotatable bonds is 2. The predicted molar refractivity (Wildman–Crippen MR) is 40.7 cm³/mol. The van der Waals surface area contributed by atoms with Gasteiger partial charge >= 0.3 is 5.97 Å². The van der Waals surface area contributed by atoms with Crippen molar-refractivity contribution in [3.05, 3.63) is 0 Å². The molecular weight excluding hydrogens is 162 g/mol. The third kappa shape index (κ3) is 1.57. The molecule has 1 saturated heterocycles. The van der Waals surface area contributed by atoms with Crippen molar-refractivity contribution in [2.75, 3.05) is 6.54 Å². The maximum atomic E-state index is 10.4. The molecule has 4 N–H and O–H groups in total. The highest BCUT2D eigenvalue weighted by Gasteiger charge is 2.44. The van der Waals surface area contributed by atoms with Crippen LogP contribution in [0, 0.1) is 0 Å². The van der Waals surface area contributed by atoms with E-state index in [4.69, 9.17) is 10.2 Å². The number of carboxylic acids is 1. The standard InChI is InChI=1S/C7H13NO4/c1-7(2-5(10)11)6(12)4(9)3-8-7/h4,6,8-9,12H,2-3H2,1H3,(H,10,11)/t4-,6-,7+/m1/s1. The molecule has 1 heterocycles. The average molecular weight is 175 g/mol. The largest absolute Gasteiger partial charge is 0.481 e. The Labute approximate surface area is 70.0 Å². The first-order valence-corrected chi connectivity index (χ1v) is 3.79. The highest BCUT2D eigenvalue weighted by Crippen LogP contribution is 2.23. The summed E-state index contributed by atoms with van der Waals surface area (Å²) >= 11 is 0. The van der Waals surface area contributed by atoms with E-state index in [1.165, 1.54) is 0 Å². The van der Waals surface area contributed by atoms with E-state index >= 15 is 0 Å². The van der Waals surface area contributed by atoms with E-state index in [0.717, 1.165) is 0 Å². The second-order valence-corrected chi connectivity index (χ2v) is 3.38. The molecule has 1 fully saturated rings. The van der Waals surface area contributed by atoms with E-state index in [9.17, 15) is 9.90 Å². The summed E-state index contributed by atoms with van der Waals surface area (Å²) in [4.78, 5) is 10.4. The van der Waals surface area contributed by atoms with Gasteiger partial charge < -0.3 is 20.6 Å². The molecule has 1 aliphatic heterocycles. The van der Waals surface area contributed by atoms with Crippen molar-refractivity contribution in [2.24, 2.45) is 0 Å². The zero-order valence-electron chi connectivity index (χ0n) is 6.82. The smallest absolute Gasteiger partial charge is 0.305 e. The Bertz CT molecular complexity index is 196. The Morgan fingerprint density at radius 2 is 2.25 bits per heavy atom. The first kappa shape index (κ1) is 9.44. The summed E-state index contributed by atoms with van der Waals surface area (Å²) in [6.07, 6.45) is -2.06. The van der Waals surface area contributed by atoms with Crippen LogP contribution >= 0.6 is 0 Å². The summed E-state index contributed by atoms with van der Waals surface area (Å²) < 4.78 is 0. The Morgan fingerprint density at radius 3 is 2.58 bits per heavy atom. The predicted octanol–water partition coefficient (Wildman–Crippen LogP) is -1.46. The fraction of sp³-hybridized carbons (Fsp3) is 0.857. The second kappa shape index (κ2) is 3.01. The fourth-order valence-corrected chi connectivity index (χ4v) is 1.46. The number of β-amino-alcohol motifs (C(OH)–C–C–N with tert-alkyl or cyclic N) is 1. The highest BCUT2D eigenvalue weighted by atomic mass is 16.4. The van der Waals surface area contributed by atoms with Crippen molar-refractivity contribution in [3.63, 3.8) is 0 Å². The van der Waals surface area contributed by atoms with E-state index < -0.39 is 23.7 Å². The molecule has 0 unspecified atom stereocenters. The minimum Gasteiger partial charge on any atom is -0.481 e. The van der Waals surface area contributed by atoms with Gasteiger partial charge in [-0.1, -0.05) is 0 Å². The van der Waals surface area contributed by atoms with Gasteiger partial charge in [0.05, 0.1) is 24.2 Å². The SMILES string of the molecule is C[C@@]1(CC(=O)O)NC[C@@H](O)[C@H]1O. The van der Waals surface area contributed by atoms with E-state index in [1.807, 2.05) is 0 Å². The molecule has 0 spiro atoms. The van der Waals surface area contributed by atoms with E-state index in [0.29, 0.717) is 0 Å². The zero-order valence-corrected chi connectivity index (χ0v) is 6.82. The zero-order chi connectivity index (χ0) is 9.35. The molecule has 0 bridgehead atoms. The lowest BCUT2D eigenvalue weighted by atomic mass is 9.92. The Hall–Kier alpha value is -0.650. The van der Waals surface area contributed by atoms with Crippen LogP contribution in [-0.4, -0.2) is 45.6 Å². The number of aliphatic hydroxyl groups excluding tert-OH is 2. The molecule has 0 amide bonds. The van der Waals surface area contributed by atoms with E-state index in [1.54, 1.807) is 6.92 Å². The fourth-order valence-electron chi connectivity index (χ4n) is 1.46. The van der Waals surface area contributed by atoms with Crippen molar-refractivity contribution < 1.29 is 20.1 Å². The minimum absolute atomic E-state index is 0.189. The van der Waals surface area contributed by atoms with Crippen molar-refractivity contribution in [3.8, 4) is 0 Å². The summed E-state index contributed by atoms with van der Waals surface area (Å²) in [6.45, 7) is 1.83. The van der Waals surface area contributed by atoms with Gasteiger partial charge in [-0.25, -0.2) is 0 Å². The summed E-state index contributed by atoms with van der Waals surface area (Å²) in [5.74, 6) is -0.988. The van der Waals surface area contributed by atoms with Gasteiger partial charge in [0.2, 0.25) is 0 Å². The molecule has 0 radical (unpaired) electrons. The lowest BCUT2D eigenvalue weighted by molar-refractivity contribution is -0.139. The molecule has 5 heteroatoms. The molecule has 3 atom stereocenters. The minimum atomic E-state index is -1.01. The van der Waals surface area contributed by atoms with Crippen LogP contribution in [0.2, 0.25) is 0 Å². The van der Waals surface area contributed by atoms with E-state index in [-0.39, 0.29) is 13.0 Å². The molecule has 5 nitrogen and oxygen atoms in total. The molecule has 0 aromatic carbocycles. The maximum Gasteiger partial charge on any atom is 0.305 e. The van der Waals surface area contributed by atoms with Crippen molar-refractivity contribution in [1.82, 2.24) is 5.32 Å². The molecule has 0 aromatic rings. The van der Waals surface area contributed by atoms with Gasteiger partial charge in [-0.05, 0) is 6.92 Å². The van der Waals surface area contributed by atoms with Crippen LogP contribution in [0.5, 0.6) is 0 Å². The lowest BCUT2D eigenvalue weighted by Gasteiger charge is -2.26. The van der Waals surface area contributed by atoms with Crippen molar-refractivity contribution in [1.29, 1.82) is 0 Å². The number of carbonyl (C=O) groups is 1. The Balaban J connectivity index is 2.65. The normalized spacial score (nSPS) is 41.6. The monoisotopic (exact) mass is 175 g/mol. The van der Waals surface area contributed by atoms with Crippen LogP contribution in [0.25, 0.3) is 0 Å². The van der Waals surface area contributed by atoms with Crippen LogP contribution in [0.1, 0.15) is 13.3 Å². The number of hydrogen-bond acceptors (Lipinski definition) is 4. The molecule has 0 saturated carbocycles. The van der Waals surface area contributed by atoms with Crippen molar-refractivity contribution in [2.45, 2.75) is 31.1 Å². The molecule has 70 valence electrons. The molecule has 1 rings (SSSR count). The van der Waals surface area contributed by atoms with Crippen molar-refractivity contribution >= 4 is 5.97 Å². The summed E-state index contributed by atoms with van der Waals surface area (Å²) in [6, 6.07) is 0. The third-order valence-corrected chi connectivity index (χ3v) is 2.25.